The highest BCUT2D eigenvalue weighted by Gasteiger charge is 2.25. The van der Waals surface area contributed by atoms with E-state index in [1.54, 1.807) is 29.0 Å². The molecule has 0 spiro atoms. The van der Waals surface area contributed by atoms with Gasteiger partial charge in [-0.15, -0.1) is 6.58 Å². The van der Waals surface area contributed by atoms with Crippen LogP contribution >= 0.6 is 11.6 Å². The third kappa shape index (κ3) is 4.07. The van der Waals surface area contributed by atoms with Gasteiger partial charge in [0.1, 0.15) is 5.52 Å². The molecule has 8 heteroatoms. The number of benzene rings is 1. The summed E-state index contributed by atoms with van der Waals surface area (Å²) in [6.45, 7) is 6.26. The second-order valence-electron chi connectivity index (χ2n) is 7.16. The third-order valence-corrected chi connectivity index (χ3v) is 5.41. The fraction of sp³-hybridized carbons (Fsp3) is 0.273. The number of rotatable bonds is 5. The molecule has 0 aliphatic carbocycles. The van der Waals surface area contributed by atoms with Crippen LogP contribution in [0.3, 0.4) is 0 Å². The van der Waals surface area contributed by atoms with E-state index in [2.05, 4.69) is 16.5 Å². The molecule has 0 bridgehead atoms. The van der Waals surface area contributed by atoms with Crippen LogP contribution in [0.25, 0.3) is 11.2 Å². The Morgan fingerprint density at radius 2 is 1.97 bits per heavy atom. The van der Waals surface area contributed by atoms with Gasteiger partial charge in [0.15, 0.2) is 11.5 Å². The fourth-order valence-electron chi connectivity index (χ4n) is 3.67. The summed E-state index contributed by atoms with van der Waals surface area (Å²) >= 11 is 6.01. The van der Waals surface area contributed by atoms with E-state index in [-0.39, 0.29) is 11.5 Å². The van der Waals surface area contributed by atoms with E-state index in [1.165, 1.54) is 0 Å². The number of pyridine rings is 1. The largest absolute Gasteiger partial charge is 0.348 e. The molecule has 0 unspecified atom stereocenters. The second-order valence-corrected chi connectivity index (χ2v) is 7.60. The molecule has 7 nitrogen and oxygen atoms in total. The third-order valence-electron chi connectivity index (χ3n) is 5.17. The van der Waals surface area contributed by atoms with Crippen molar-refractivity contribution < 1.29 is 4.79 Å². The van der Waals surface area contributed by atoms with Gasteiger partial charge >= 0.3 is 0 Å². The zero-order valence-corrected chi connectivity index (χ0v) is 17.3. The van der Waals surface area contributed by atoms with Gasteiger partial charge in [0.2, 0.25) is 5.91 Å². The summed E-state index contributed by atoms with van der Waals surface area (Å²) in [6, 6.07) is 11.0. The van der Waals surface area contributed by atoms with Gasteiger partial charge in [-0.05, 0) is 29.8 Å². The Kier molecular flexibility index (Phi) is 5.81. The average Bonchev–Trinajstić information content (AvgIpc) is 2.76. The summed E-state index contributed by atoms with van der Waals surface area (Å²) in [5.74, 6) is 0.441. The lowest BCUT2D eigenvalue weighted by Crippen LogP contribution is -2.51. The maximum atomic E-state index is 13.0. The topological polar surface area (TPSA) is 71.3 Å². The summed E-state index contributed by atoms with van der Waals surface area (Å²) in [5, 5.41) is 0.623. The lowest BCUT2D eigenvalue weighted by atomic mass is 10.1. The van der Waals surface area contributed by atoms with E-state index < -0.39 is 0 Å². The van der Waals surface area contributed by atoms with Gasteiger partial charge in [-0.25, -0.2) is 9.97 Å². The Morgan fingerprint density at radius 1 is 1.17 bits per heavy atom. The van der Waals surface area contributed by atoms with Crippen LogP contribution in [0.4, 0.5) is 5.82 Å². The molecule has 0 saturated carbocycles. The predicted octanol–water partition coefficient (Wildman–Crippen LogP) is 2.52. The van der Waals surface area contributed by atoms with E-state index in [0.29, 0.717) is 61.1 Å². The molecule has 1 amide bonds. The molecule has 0 N–H and O–H groups in total. The molecular weight excluding hydrogens is 402 g/mol. The summed E-state index contributed by atoms with van der Waals surface area (Å²) in [6.07, 6.45) is 3.63. The molecular formula is C22H22ClN5O2. The van der Waals surface area contributed by atoms with Gasteiger partial charge in [0.25, 0.3) is 5.56 Å². The molecule has 3 aromatic rings. The minimum absolute atomic E-state index is 0.0525. The Bertz CT molecular complexity index is 1150. The zero-order valence-electron chi connectivity index (χ0n) is 16.5. The van der Waals surface area contributed by atoms with Crippen LogP contribution in [0.2, 0.25) is 5.02 Å². The van der Waals surface area contributed by atoms with Gasteiger partial charge in [0, 0.05) is 43.9 Å². The van der Waals surface area contributed by atoms with Crippen LogP contribution < -0.4 is 10.5 Å². The van der Waals surface area contributed by atoms with Crippen LogP contribution in [0.15, 0.2) is 60.0 Å². The smallest absolute Gasteiger partial charge is 0.295 e. The van der Waals surface area contributed by atoms with Crippen LogP contribution in [-0.4, -0.2) is 51.5 Å². The van der Waals surface area contributed by atoms with Crippen LogP contribution in [0, 0.1) is 0 Å². The lowest BCUT2D eigenvalue weighted by Gasteiger charge is -2.35. The van der Waals surface area contributed by atoms with Crippen LogP contribution in [0.5, 0.6) is 0 Å². The summed E-state index contributed by atoms with van der Waals surface area (Å²) in [4.78, 5) is 38.3. The number of allylic oxidation sites excluding steroid dienone is 1. The van der Waals surface area contributed by atoms with Gasteiger partial charge in [-0.2, -0.15) is 0 Å². The molecule has 30 heavy (non-hydrogen) atoms. The van der Waals surface area contributed by atoms with Gasteiger partial charge in [-0.1, -0.05) is 29.8 Å². The molecule has 1 saturated heterocycles. The average molecular weight is 424 g/mol. The van der Waals surface area contributed by atoms with Crippen molar-refractivity contribution >= 4 is 34.5 Å². The number of halogens is 1. The van der Waals surface area contributed by atoms with E-state index >= 15 is 0 Å². The van der Waals surface area contributed by atoms with Crippen LogP contribution in [-0.2, 0) is 17.8 Å². The molecule has 1 aliphatic heterocycles. The maximum Gasteiger partial charge on any atom is 0.295 e. The summed E-state index contributed by atoms with van der Waals surface area (Å²) in [7, 11) is 0. The SMILES string of the molecule is C=CCn1c(=O)c(N2CCN(C(=O)Cc3cccc(Cl)c3)CC2)nc2cccnc21. The highest BCUT2D eigenvalue weighted by Crippen LogP contribution is 2.16. The van der Waals surface area contributed by atoms with Crippen molar-refractivity contribution in [3.63, 3.8) is 0 Å². The molecule has 1 aliphatic rings. The van der Waals surface area contributed by atoms with Crippen LogP contribution in [0.1, 0.15) is 5.56 Å². The number of carbonyl (C=O) groups excluding carboxylic acids is 1. The van der Waals surface area contributed by atoms with E-state index in [9.17, 15) is 9.59 Å². The van der Waals surface area contributed by atoms with E-state index in [4.69, 9.17) is 11.6 Å². The number of piperazine rings is 1. The van der Waals surface area contributed by atoms with E-state index in [0.717, 1.165) is 5.56 Å². The molecule has 3 heterocycles. The predicted molar refractivity (Wildman–Crippen MR) is 118 cm³/mol. The number of amides is 1. The highest BCUT2D eigenvalue weighted by atomic mass is 35.5. The summed E-state index contributed by atoms with van der Waals surface area (Å²) in [5.41, 5.74) is 1.90. The van der Waals surface area contributed by atoms with Crippen molar-refractivity contribution in [2.45, 2.75) is 13.0 Å². The van der Waals surface area contributed by atoms with Crippen molar-refractivity contribution in [1.29, 1.82) is 0 Å². The Balaban J connectivity index is 1.51. The number of hydrogen-bond acceptors (Lipinski definition) is 5. The Hall–Kier alpha value is -3.19. The Labute approximate surface area is 179 Å². The number of carbonyl (C=O) groups is 1. The second kappa shape index (κ2) is 8.67. The lowest BCUT2D eigenvalue weighted by molar-refractivity contribution is -0.130. The number of nitrogens with zero attached hydrogens (tertiary/aromatic N) is 5. The van der Waals surface area contributed by atoms with Crippen molar-refractivity contribution in [1.82, 2.24) is 19.4 Å². The Morgan fingerprint density at radius 3 is 2.70 bits per heavy atom. The minimum atomic E-state index is -0.195. The number of fused-ring (bicyclic) bond motifs is 1. The molecule has 0 atom stereocenters. The molecule has 0 radical (unpaired) electrons. The number of hydrogen-bond donors (Lipinski definition) is 0. The zero-order chi connectivity index (χ0) is 21.1. The maximum absolute atomic E-state index is 13.0. The molecule has 1 fully saturated rings. The number of aromatic nitrogens is 3. The normalized spacial score (nSPS) is 14.2. The van der Waals surface area contributed by atoms with E-state index in [1.807, 2.05) is 34.1 Å². The first-order valence-electron chi connectivity index (χ1n) is 9.80. The first-order chi connectivity index (χ1) is 14.6. The monoisotopic (exact) mass is 423 g/mol. The first-order valence-corrected chi connectivity index (χ1v) is 10.2. The van der Waals surface area contributed by atoms with Gasteiger partial charge in [0.05, 0.1) is 6.42 Å². The number of anilines is 1. The molecule has 1 aromatic carbocycles. The highest BCUT2D eigenvalue weighted by molar-refractivity contribution is 6.30. The molecule has 4 rings (SSSR count). The minimum Gasteiger partial charge on any atom is -0.348 e. The molecule has 154 valence electrons. The van der Waals surface area contributed by atoms with Crippen molar-refractivity contribution in [2.75, 3.05) is 31.1 Å². The molecule has 2 aromatic heterocycles. The van der Waals surface area contributed by atoms with Crippen molar-refractivity contribution in [2.24, 2.45) is 0 Å². The fourth-order valence-corrected chi connectivity index (χ4v) is 3.88. The van der Waals surface area contributed by atoms with Crippen molar-refractivity contribution in [3.05, 3.63) is 76.2 Å². The standard InChI is InChI=1S/C22H22ClN5O2/c1-2-9-28-20-18(7-4-8-24-20)25-21(22(28)30)27-12-10-26(11-13-27)19(29)15-16-5-3-6-17(23)14-16/h2-8,14H,1,9-13,15H2. The summed E-state index contributed by atoms with van der Waals surface area (Å²) < 4.78 is 1.58. The first kappa shape index (κ1) is 20.1. The van der Waals surface area contributed by atoms with Gasteiger partial charge in [-0.3, -0.25) is 14.2 Å². The van der Waals surface area contributed by atoms with Crippen molar-refractivity contribution in [3.8, 4) is 0 Å². The van der Waals surface area contributed by atoms with Gasteiger partial charge < -0.3 is 9.80 Å². The quantitative estimate of drug-likeness (QED) is 0.590.